The SMILES string of the molecule is CC(C)(C)c1ccc(-c2nc3sc(=Cc4ccc(-c5ccc(Cl)cc5)o4)c(=O)n3n2)cc1. The molecule has 5 aromatic rings. The van der Waals surface area contributed by atoms with Crippen molar-refractivity contribution in [3.8, 4) is 22.7 Å². The summed E-state index contributed by atoms with van der Waals surface area (Å²) in [6, 6.07) is 19.3. The molecule has 32 heavy (non-hydrogen) atoms. The fourth-order valence-electron chi connectivity index (χ4n) is 3.40. The van der Waals surface area contributed by atoms with Gasteiger partial charge >= 0.3 is 0 Å². The van der Waals surface area contributed by atoms with Crippen molar-refractivity contribution < 1.29 is 4.42 Å². The van der Waals surface area contributed by atoms with E-state index in [0.717, 1.165) is 11.1 Å². The average Bonchev–Trinajstić information content (AvgIpc) is 3.46. The van der Waals surface area contributed by atoms with Crippen LogP contribution in [0.25, 0.3) is 33.7 Å². The molecule has 0 radical (unpaired) electrons. The zero-order valence-electron chi connectivity index (χ0n) is 17.8. The van der Waals surface area contributed by atoms with Crippen LogP contribution in [0.15, 0.2) is 69.9 Å². The predicted octanol–water partition coefficient (Wildman–Crippen LogP) is 5.58. The van der Waals surface area contributed by atoms with Crippen LogP contribution in [-0.4, -0.2) is 14.6 Å². The van der Waals surface area contributed by atoms with Crippen LogP contribution in [-0.2, 0) is 5.41 Å². The third kappa shape index (κ3) is 3.87. The first kappa shape index (κ1) is 20.7. The standard InChI is InChI=1S/C25H20ClN3O2S/c1-25(2,3)17-8-4-16(5-9-17)22-27-24-29(28-22)23(30)21(32-24)14-19-12-13-20(31-19)15-6-10-18(26)11-7-15/h4-14H,1-3H3. The molecule has 0 amide bonds. The Morgan fingerprint density at radius 2 is 1.66 bits per heavy atom. The van der Waals surface area contributed by atoms with Gasteiger partial charge in [0.25, 0.3) is 5.56 Å². The van der Waals surface area contributed by atoms with E-state index < -0.39 is 0 Å². The van der Waals surface area contributed by atoms with Crippen LogP contribution in [0.2, 0.25) is 5.02 Å². The van der Waals surface area contributed by atoms with E-state index in [1.54, 1.807) is 6.08 Å². The van der Waals surface area contributed by atoms with Crippen LogP contribution in [0.1, 0.15) is 32.1 Å². The number of rotatable bonds is 3. The van der Waals surface area contributed by atoms with Crippen LogP contribution in [0.5, 0.6) is 0 Å². The molecule has 0 fully saturated rings. The molecule has 0 saturated heterocycles. The largest absolute Gasteiger partial charge is 0.457 e. The fraction of sp³-hybridized carbons (Fsp3) is 0.160. The van der Waals surface area contributed by atoms with E-state index in [-0.39, 0.29) is 11.0 Å². The molecule has 160 valence electrons. The molecule has 0 saturated carbocycles. The molecular formula is C25H20ClN3O2S. The summed E-state index contributed by atoms with van der Waals surface area (Å²) in [4.78, 5) is 18.0. The Hall–Kier alpha value is -3.22. The normalized spacial score (nSPS) is 12.7. The Balaban J connectivity index is 1.46. The lowest BCUT2D eigenvalue weighted by Gasteiger charge is -2.18. The number of thiazole rings is 1. The van der Waals surface area contributed by atoms with Crippen molar-refractivity contribution in [1.82, 2.24) is 14.6 Å². The first-order valence-corrected chi connectivity index (χ1v) is 11.4. The van der Waals surface area contributed by atoms with Crippen LogP contribution in [0, 0.1) is 0 Å². The number of furan rings is 1. The van der Waals surface area contributed by atoms with Crippen molar-refractivity contribution in [3.05, 3.63) is 91.9 Å². The van der Waals surface area contributed by atoms with Crippen LogP contribution in [0.3, 0.4) is 0 Å². The molecule has 0 aliphatic heterocycles. The topological polar surface area (TPSA) is 60.4 Å². The van der Waals surface area contributed by atoms with E-state index in [2.05, 4.69) is 43.0 Å². The molecule has 5 nitrogen and oxygen atoms in total. The van der Waals surface area contributed by atoms with Crippen molar-refractivity contribution in [1.29, 1.82) is 0 Å². The van der Waals surface area contributed by atoms with Gasteiger partial charge in [-0.3, -0.25) is 4.79 Å². The Kier molecular flexibility index (Phi) is 4.99. The summed E-state index contributed by atoms with van der Waals surface area (Å²) < 4.78 is 7.77. The first-order chi connectivity index (χ1) is 15.3. The van der Waals surface area contributed by atoms with Gasteiger partial charge in [-0.25, -0.2) is 0 Å². The van der Waals surface area contributed by atoms with Crippen LogP contribution >= 0.6 is 22.9 Å². The van der Waals surface area contributed by atoms with E-state index in [4.69, 9.17) is 16.0 Å². The minimum absolute atomic E-state index is 0.0761. The van der Waals surface area contributed by atoms with Crippen molar-refractivity contribution in [2.24, 2.45) is 0 Å². The summed E-state index contributed by atoms with van der Waals surface area (Å²) in [6.07, 6.45) is 1.72. The van der Waals surface area contributed by atoms with Gasteiger partial charge in [-0.1, -0.05) is 68.0 Å². The van der Waals surface area contributed by atoms with Crippen LogP contribution in [0.4, 0.5) is 0 Å². The maximum Gasteiger partial charge on any atom is 0.291 e. The predicted molar refractivity (Wildman–Crippen MR) is 129 cm³/mol. The lowest BCUT2D eigenvalue weighted by molar-refractivity contribution is 0.571. The third-order valence-corrected chi connectivity index (χ3v) is 6.43. The molecule has 3 aromatic heterocycles. The molecule has 5 rings (SSSR count). The van der Waals surface area contributed by atoms with E-state index in [1.165, 1.54) is 21.4 Å². The Labute approximate surface area is 193 Å². The number of halogens is 1. The molecule has 0 bridgehead atoms. The van der Waals surface area contributed by atoms with Gasteiger partial charge in [-0.2, -0.15) is 9.50 Å². The number of hydrogen-bond donors (Lipinski definition) is 0. The Bertz CT molecular complexity index is 1520. The summed E-state index contributed by atoms with van der Waals surface area (Å²) in [5.41, 5.74) is 2.91. The van der Waals surface area contributed by atoms with Gasteiger partial charge in [0.1, 0.15) is 16.1 Å². The van der Waals surface area contributed by atoms with Gasteiger partial charge in [0.05, 0.1) is 0 Å². The molecule has 0 unspecified atom stereocenters. The summed E-state index contributed by atoms with van der Waals surface area (Å²) in [5, 5.41) is 5.11. The maximum atomic E-state index is 12.9. The highest BCUT2D eigenvalue weighted by Gasteiger charge is 2.16. The van der Waals surface area contributed by atoms with E-state index in [0.29, 0.717) is 31.9 Å². The number of aromatic nitrogens is 3. The first-order valence-electron chi connectivity index (χ1n) is 10.2. The second-order valence-electron chi connectivity index (χ2n) is 8.58. The number of benzene rings is 2. The summed E-state index contributed by atoms with van der Waals surface area (Å²) in [5.74, 6) is 1.85. The quantitative estimate of drug-likeness (QED) is 0.352. The number of hydrogen-bond acceptors (Lipinski definition) is 5. The molecular weight excluding hydrogens is 442 g/mol. The van der Waals surface area contributed by atoms with Crippen LogP contribution < -0.4 is 10.1 Å². The number of nitrogens with zero attached hydrogens (tertiary/aromatic N) is 3. The Morgan fingerprint density at radius 3 is 2.31 bits per heavy atom. The molecule has 0 atom stereocenters. The van der Waals surface area contributed by atoms with Gasteiger partial charge in [-0.15, -0.1) is 5.10 Å². The average molecular weight is 462 g/mol. The molecule has 2 aromatic carbocycles. The van der Waals surface area contributed by atoms with E-state index in [9.17, 15) is 4.79 Å². The highest BCUT2D eigenvalue weighted by atomic mass is 35.5. The molecule has 0 aliphatic rings. The summed E-state index contributed by atoms with van der Waals surface area (Å²) in [6.45, 7) is 6.52. The van der Waals surface area contributed by atoms with Gasteiger partial charge in [0, 0.05) is 22.2 Å². The molecule has 0 spiro atoms. The minimum atomic E-state index is -0.209. The third-order valence-electron chi connectivity index (χ3n) is 5.22. The second kappa shape index (κ2) is 7.73. The molecule has 7 heteroatoms. The van der Waals surface area contributed by atoms with Gasteiger partial charge in [-0.05, 0) is 47.4 Å². The van der Waals surface area contributed by atoms with Crippen molar-refractivity contribution in [2.45, 2.75) is 26.2 Å². The van der Waals surface area contributed by atoms with Crippen molar-refractivity contribution in [2.75, 3.05) is 0 Å². The maximum absolute atomic E-state index is 12.9. The highest BCUT2D eigenvalue weighted by Crippen LogP contribution is 2.26. The minimum Gasteiger partial charge on any atom is -0.457 e. The van der Waals surface area contributed by atoms with E-state index in [1.807, 2.05) is 48.5 Å². The number of fused-ring (bicyclic) bond motifs is 1. The lowest BCUT2D eigenvalue weighted by Crippen LogP contribution is -2.23. The zero-order chi connectivity index (χ0) is 22.5. The lowest BCUT2D eigenvalue weighted by atomic mass is 9.87. The summed E-state index contributed by atoms with van der Waals surface area (Å²) in [7, 11) is 0. The second-order valence-corrected chi connectivity index (χ2v) is 10.0. The van der Waals surface area contributed by atoms with Gasteiger partial charge in [0.2, 0.25) is 4.96 Å². The Morgan fingerprint density at radius 1 is 0.969 bits per heavy atom. The smallest absolute Gasteiger partial charge is 0.291 e. The molecule has 0 aliphatic carbocycles. The summed E-state index contributed by atoms with van der Waals surface area (Å²) >= 11 is 7.24. The fourth-order valence-corrected chi connectivity index (χ4v) is 4.42. The van der Waals surface area contributed by atoms with Gasteiger partial charge in [0.15, 0.2) is 5.82 Å². The van der Waals surface area contributed by atoms with Crippen molar-refractivity contribution >= 4 is 34.0 Å². The monoisotopic (exact) mass is 461 g/mol. The van der Waals surface area contributed by atoms with Gasteiger partial charge < -0.3 is 4.42 Å². The molecule has 3 heterocycles. The zero-order valence-corrected chi connectivity index (χ0v) is 19.4. The van der Waals surface area contributed by atoms with E-state index >= 15 is 0 Å². The van der Waals surface area contributed by atoms with Crippen molar-refractivity contribution in [3.63, 3.8) is 0 Å². The highest BCUT2D eigenvalue weighted by molar-refractivity contribution is 7.15. The molecule has 0 N–H and O–H groups in total.